The molecular formula is C22H45N11O6. The van der Waals surface area contributed by atoms with Crippen molar-refractivity contribution in [2.45, 2.75) is 82.1 Å². The smallest absolute Gasteiger partial charge is 0.326 e. The summed E-state index contributed by atoms with van der Waals surface area (Å²) >= 11 is 0. The van der Waals surface area contributed by atoms with Crippen LogP contribution in [0.25, 0.3) is 0 Å². The number of carboxylic acids is 1. The van der Waals surface area contributed by atoms with Gasteiger partial charge in [-0.25, -0.2) is 4.79 Å². The van der Waals surface area contributed by atoms with E-state index in [4.69, 9.17) is 34.4 Å². The van der Waals surface area contributed by atoms with E-state index in [0.29, 0.717) is 19.4 Å². The Bertz CT molecular complexity index is 844. The number of guanidine groups is 2. The van der Waals surface area contributed by atoms with Crippen molar-refractivity contribution in [1.82, 2.24) is 16.0 Å². The van der Waals surface area contributed by atoms with Crippen LogP contribution in [0.1, 0.15) is 51.9 Å². The molecule has 0 aromatic carbocycles. The number of carbonyl (C=O) groups is 4. The molecule has 0 aromatic rings. The number of hydrogen-bond donors (Lipinski definition) is 11. The van der Waals surface area contributed by atoms with E-state index in [1.165, 1.54) is 6.92 Å². The Morgan fingerprint density at radius 3 is 1.54 bits per heavy atom. The number of aliphatic hydroxyl groups excluding tert-OH is 1. The van der Waals surface area contributed by atoms with Gasteiger partial charge in [0.05, 0.1) is 6.10 Å². The van der Waals surface area contributed by atoms with Crippen LogP contribution in [0.5, 0.6) is 0 Å². The van der Waals surface area contributed by atoms with Crippen LogP contribution in [0.3, 0.4) is 0 Å². The summed E-state index contributed by atoms with van der Waals surface area (Å²) < 4.78 is 0. The van der Waals surface area contributed by atoms with Crippen molar-refractivity contribution in [1.29, 1.82) is 0 Å². The highest BCUT2D eigenvalue weighted by atomic mass is 16.4. The molecule has 0 saturated heterocycles. The van der Waals surface area contributed by atoms with Crippen LogP contribution in [0.4, 0.5) is 0 Å². The Morgan fingerprint density at radius 2 is 1.13 bits per heavy atom. The number of nitrogens with zero attached hydrogens (tertiary/aromatic N) is 2. The molecule has 17 nitrogen and oxygen atoms in total. The quantitative estimate of drug-likeness (QED) is 0.0381. The van der Waals surface area contributed by atoms with Gasteiger partial charge in [-0.3, -0.25) is 24.4 Å². The molecule has 5 atom stereocenters. The minimum absolute atomic E-state index is 0.0293. The van der Waals surface area contributed by atoms with E-state index in [1.54, 1.807) is 0 Å². The third-order valence-electron chi connectivity index (χ3n) is 5.54. The van der Waals surface area contributed by atoms with Crippen molar-refractivity contribution in [3.05, 3.63) is 0 Å². The van der Waals surface area contributed by atoms with E-state index in [0.717, 1.165) is 0 Å². The lowest BCUT2D eigenvalue weighted by Crippen LogP contribution is -2.58. The number of rotatable bonds is 20. The fraction of sp³-hybridized carbons (Fsp3) is 0.727. The van der Waals surface area contributed by atoms with E-state index < -0.39 is 54.0 Å². The largest absolute Gasteiger partial charge is 0.480 e. The zero-order valence-electron chi connectivity index (χ0n) is 22.3. The number of unbranched alkanes of at least 4 members (excludes halogenated alkanes) is 1. The van der Waals surface area contributed by atoms with Crippen LogP contribution >= 0.6 is 0 Å². The Kier molecular flexibility index (Phi) is 17.5. The van der Waals surface area contributed by atoms with Gasteiger partial charge in [-0.15, -0.1) is 0 Å². The Morgan fingerprint density at radius 1 is 0.718 bits per heavy atom. The molecule has 17 N–H and O–H groups in total. The molecule has 0 fully saturated rings. The highest BCUT2D eigenvalue weighted by Crippen LogP contribution is 2.07. The molecule has 0 bridgehead atoms. The van der Waals surface area contributed by atoms with Crippen molar-refractivity contribution >= 4 is 35.6 Å². The van der Waals surface area contributed by atoms with E-state index in [-0.39, 0.29) is 57.1 Å². The van der Waals surface area contributed by atoms with Gasteiger partial charge in [0.15, 0.2) is 11.9 Å². The zero-order chi connectivity index (χ0) is 30.0. The lowest BCUT2D eigenvalue weighted by molar-refractivity contribution is -0.142. The topological polar surface area (TPSA) is 326 Å². The van der Waals surface area contributed by atoms with Crippen molar-refractivity contribution in [2.24, 2.45) is 44.4 Å². The van der Waals surface area contributed by atoms with Gasteiger partial charge in [0.2, 0.25) is 17.7 Å². The molecule has 0 spiro atoms. The monoisotopic (exact) mass is 559 g/mol. The molecule has 1 unspecified atom stereocenters. The fourth-order valence-electron chi connectivity index (χ4n) is 3.33. The van der Waals surface area contributed by atoms with Crippen LogP contribution in [0, 0.1) is 0 Å². The molecule has 224 valence electrons. The molecule has 0 heterocycles. The summed E-state index contributed by atoms with van der Waals surface area (Å²) in [5.74, 6) is -3.77. The maximum atomic E-state index is 13.2. The standard InChI is InChI=1S/C22H45N11O6/c1-12(34)16(24)19(37)32-13(6-2-3-9-23)17(35)31-14(7-4-10-29-21(25)26)18(36)33-15(20(38)39)8-5-11-30-22(27)28/h12-16,34H,2-11,23-24H2,1H3,(H,31,35)(H,32,37)(H,33,36)(H,38,39)(H4,25,26,29)(H4,27,28,30)/t12?,13-,14+,15-,16-/m0/s1. The van der Waals surface area contributed by atoms with Gasteiger partial charge in [0.25, 0.3) is 0 Å². The average molecular weight is 560 g/mol. The normalized spacial score (nSPS) is 14.6. The summed E-state index contributed by atoms with van der Waals surface area (Å²) in [6, 6.07) is -4.81. The number of carboxylic acid groups (broad SMARTS) is 1. The van der Waals surface area contributed by atoms with Gasteiger partial charge in [0, 0.05) is 13.1 Å². The molecular weight excluding hydrogens is 514 g/mol. The number of amides is 3. The molecule has 3 amide bonds. The first kappa shape index (κ1) is 35.3. The third kappa shape index (κ3) is 16.0. The average Bonchev–Trinajstić information content (AvgIpc) is 2.85. The number of carbonyl (C=O) groups excluding carboxylic acids is 3. The Hall–Kier alpha value is -3.70. The predicted molar refractivity (Wildman–Crippen MR) is 146 cm³/mol. The van der Waals surface area contributed by atoms with Gasteiger partial charge >= 0.3 is 5.97 Å². The summed E-state index contributed by atoms with van der Waals surface area (Å²) in [6.07, 6.45) is 0.720. The molecule has 0 radical (unpaired) electrons. The zero-order valence-corrected chi connectivity index (χ0v) is 22.3. The number of nitrogens with one attached hydrogen (secondary N) is 3. The molecule has 0 aliphatic heterocycles. The van der Waals surface area contributed by atoms with Crippen molar-refractivity contribution in [2.75, 3.05) is 19.6 Å². The van der Waals surface area contributed by atoms with Gasteiger partial charge < -0.3 is 60.6 Å². The first-order valence-electron chi connectivity index (χ1n) is 12.7. The predicted octanol–water partition coefficient (Wildman–Crippen LogP) is -4.53. The Labute approximate surface area is 227 Å². The summed E-state index contributed by atoms with van der Waals surface area (Å²) in [4.78, 5) is 58.0. The molecule has 0 saturated carbocycles. The van der Waals surface area contributed by atoms with E-state index >= 15 is 0 Å². The highest BCUT2D eigenvalue weighted by Gasteiger charge is 2.30. The number of aliphatic hydroxyl groups is 1. The minimum atomic E-state index is -1.28. The molecule has 39 heavy (non-hydrogen) atoms. The van der Waals surface area contributed by atoms with Gasteiger partial charge in [-0.05, 0) is 58.4 Å². The van der Waals surface area contributed by atoms with Crippen molar-refractivity contribution in [3.63, 3.8) is 0 Å². The molecule has 0 aromatic heterocycles. The number of aliphatic carboxylic acids is 1. The van der Waals surface area contributed by atoms with E-state index in [9.17, 15) is 29.4 Å². The van der Waals surface area contributed by atoms with Crippen LogP contribution in [0.2, 0.25) is 0 Å². The number of hydrogen-bond acceptors (Lipinski definition) is 9. The summed E-state index contributed by atoms with van der Waals surface area (Å²) in [5, 5.41) is 26.7. The Balaban J connectivity index is 5.65. The second-order valence-corrected chi connectivity index (χ2v) is 8.97. The minimum Gasteiger partial charge on any atom is -0.480 e. The van der Waals surface area contributed by atoms with Crippen LogP contribution in [-0.4, -0.2) is 95.7 Å². The molecule has 0 rings (SSSR count). The van der Waals surface area contributed by atoms with Crippen LogP contribution in [0.15, 0.2) is 9.98 Å². The number of aliphatic imine (C=N–C) groups is 2. The fourth-order valence-corrected chi connectivity index (χ4v) is 3.33. The van der Waals surface area contributed by atoms with Crippen LogP contribution in [-0.2, 0) is 19.2 Å². The second-order valence-electron chi connectivity index (χ2n) is 8.97. The molecule has 0 aliphatic rings. The lowest BCUT2D eigenvalue weighted by atomic mass is 10.0. The maximum absolute atomic E-state index is 13.2. The first-order valence-corrected chi connectivity index (χ1v) is 12.7. The summed E-state index contributed by atoms with van der Waals surface area (Å²) in [7, 11) is 0. The summed E-state index contributed by atoms with van der Waals surface area (Å²) in [5.41, 5.74) is 32.4. The van der Waals surface area contributed by atoms with Crippen molar-refractivity contribution in [3.8, 4) is 0 Å². The highest BCUT2D eigenvalue weighted by molar-refractivity contribution is 5.94. The first-order chi connectivity index (χ1) is 18.3. The SMILES string of the molecule is CC(O)[C@H](N)C(=O)N[C@@H](CCCCN)C(=O)N[C@H](CCCN=C(N)N)C(=O)N[C@@H](CCCN=C(N)N)C(=O)O. The maximum Gasteiger partial charge on any atom is 0.326 e. The molecule has 0 aliphatic carbocycles. The van der Waals surface area contributed by atoms with Crippen molar-refractivity contribution < 1.29 is 29.4 Å². The van der Waals surface area contributed by atoms with E-state index in [2.05, 4.69) is 25.9 Å². The van der Waals surface area contributed by atoms with Gasteiger partial charge in [-0.2, -0.15) is 0 Å². The van der Waals surface area contributed by atoms with E-state index in [1.807, 2.05) is 0 Å². The summed E-state index contributed by atoms with van der Waals surface area (Å²) in [6.45, 7) is 2.02. The second kappa shape index (κ2) is 19.4. The molecule has 17 heteroatoms. The third-order valence-corrected chi connectivity index (χ3v) is 5.54. The van der Waals surface area contributed by atoms with Gasteiger partial charge in [0.1, 0.15) is 24.2 Å². The lowest BCUT2D eigenvalue weighted by Gasteiger charge is -2.25. The number of nitrogens with two attached hydrogens (primary N) is 6. The van der Waals surface area contributed by atoms with Gasteiger partial charge in [-0.1, -0.05) is 0 Å². The van der Waals surface area contributed by atoms with Crippen LogP contribution < -0.4 is 50.4 Å².